The van der Waals surface area contributed by atoms with Gasteiger partial charge in [0.15, 0.2) is 0 Å². The Bertz CT molecular complexity index is 448. The van der Waals surface area contributed by atoms with Crippen LogP contribution in [0.4, 0.5) is 5.82 Å². The Morgan fingerprint density at radius 1 is 1.56 bits per heavy atom. The number of carbonyl (C=O) groups excluding carboxylic acids is 1. The molecular formula is C13H19N3O2. The fourth-order valence-electron chi connectivity index (χ4n) is 2.30. The van der Waals surface area contributed by atoms with Crippen molar-refractivity contribution in [2.45, 2.75) is 19.8 Å². The molecule has 0 aromatic carbocycles. The minimum absolute atomic E-state index is 0.430. The highest BCUT2D eigenvalue weighted by Crippen LogP contribution is 2.24. The number of ether oxygens (including phenoxy) is 1. The van der Waals surface area contributed by atoms with Gasteiger partial charge in [-0.3, -0.25) is 4.79 Å². The number of anilines is 1. The second kappa shape index (κ2) is 5.25. The molecule has 0 saturated carbocycles. The summed E-state index contributed by atoms with van der Waals surface area (Å²) in [5.41, 5.74) is 5.76. The third-order valence-electron chi connectivity index (χ3n) is 3.26. The van der Waals surface area contributed by atoms with Gasteiger partial charge in [0.05, 0.1) is 7.11 Å². The van der Waals surface area contributed by atoms with Gasteiger partial charge in [-0.1, -0.05) is 6.92 Å². The average Bonchev–Trinajstić information content (AvgIpc) is 2.38. The van der Waals surface area contributed by atoms with Crippen LogP contribution in [0.2, 0.25) is 0 Å². The van der Waals surface area contributed by atoms with Gasteiger partial charge in [0, 0.05) is 24.7 Å². The van der Waals surface area contributed by atoms with E-state index >= 15 is 0 Å². The summed E-state index contributed by atoms with van der Waals surface area (Å²) in [4.78, 5) is 17.9. The van der Waals surface area contributed by atoms with Gasteiger partial charge in [0.25, 0.3) is 0 Å². The van der Waals surface area contributed by atoms with E-state index in [9.17, 15) is 4.79 Å². The van der Waals surface area contributed by atoms with Crippen molar-refractivity contribution in [3.8, 4) is 5.88 Å². The highest BCUT2D eigenvalue weighted by Gasteiger charge is 2.19. The normalized spacial score (nSPS) is 19.7. The number of aromatic nitrogens is 1. The van der Waals surface area contributed by atoms with Crippen LogP contribution in [0.5, 0.6) is 5.88 Å². The molecule has 1 amide bonds. The summed E-state index contributed by atoms with van der Waals surface area (Å²) in [5, 5.41) is 0. The number of methoxy groups -OCH3 is 1. The summed E-state index contributed by atoms with van der Waals surface area (Å²) < 4.78 is 5.12. The molecule has 1 aliphatic heterocycles. The number of primary amides is 1. The molecule has 0 spiro atoms. The molecule has 2 N–H and O–H groups in total. The minimum atomic E-state index is -0.456. The van der Waals surface area contributed by atoms with Crippen LogP contribution >= 0.6 is 0 Å². The lowest BCUT2D eigenvalue weighted by Gasteiger charge is -2.32. The third-order valence-corrected chi connectivity index (χ3v) is 3.26. The van der Waals surface area contributed by atoms with E-state index in [-0.39, 0.29) is 0 Å². The van der Waals surface area contributed by atoms with Crippen LogP contribution < -0.4 is 15.4 Å². The lowest BCUT2D eigenvalue weighted by molar-refractivity contribution is 0.1000. The maximum absolute atomic E-state index is 11.3. The lowest BCUT2D eigenvalue weighted by atomic mass is 10.0. The monoisotopic (exact) mass is 249 g/mol. The maximum Gasteiger partial charge on any atom is 0.249 e. The Kier molecular flexibility index (Phi) is 3.69. The molecule has 1 atom stereocenters. The van der Waals surface area contributed by atoms with Crippen molar-refractivity contribution in [3.05, 3.63) is 17.7 Å². The standard InChI is InChI=1S/C13H19N3O2/c1-9-4-3-5-16(8-9)11-6-10(13(14)17)7-12(15-11)18-2/h6-7,9H,3-5,8H2,1-2H3,(H2,14,17). The summed E-state index contributed by atoms with van der Waals surface area (Å²) in [6.45, 7) is 4.14. The number of nitrogens with zero attached hydrogens (tertiary/aromatic N) is 2. The van der Waals surface area contributed by atoms with Crippen LogP contribution in [0.15, 0.2) is 12.1 Å². The molecule has 1 unspecified atom stereocenters. The summed E-state index contributed by atoms with van der Waals surface area (Å²) >= 11 is 0. The van der Waals surface area contributed by atoms with E-state index in [1.807, 2.05) is 0 Å². The van der Waals surface area contributed by atoms with Gasteiger partial charge >= 0.3 is 0 Å². The van der Waals surface area contributed by atoms with E-state index in [0.29, 0.717) is 17.4 Å². The highest BCUT2D eigenvalue weighted by molar-refractivity contribution is 5.93. The number of hydrogen-bond donors (Lipinski definition) is 1. The number of rotatable bonds is 3. The number of amides is 1. The van der Waals surface area contributed by atoms with Crippen LogP contribution in [0.25, 0.3) is 0 Å². The van der Waals surface area contributed by atoms with Crippen LogP contribution in [0.3, 0.4) is 0 Å². The Morgan fingerprint density at radius 3 is 2.94 bits per heavy atom. The zero-order valence-corrected chi connectivity index (χ0v) is 10.8. The smallest absolute Gasteiger partial charge is 0.249 e. The molecule has 1 aromatic rings. The van der Waals surface area contributed by atoms with E-state index in [0.717, 1.165) is 25.3 Å². The molecule has 1 saturated heterocycles. The largest absolute Gasteiger partial charge is 0.481 e. The molecular weight excluding hydrogens is 230 g/mol. The molecule has 18 heavy (non-hydrogen) atoms. The topological polar surface area (TPSA) is 68.5 Å². The van der Waals surface area contributed by atoms with Crippen molar-refractivity contribution in [3.63, 3.8) is 0 Å². The predicted molar refractivity (Wildman–Crippen MR) is 69.9 cm³/mol. The number of hydrogen-bond acceptors (Lipinski definition) is 4. The number of nitrogens with two attached hydrogens (primary N) is 1. The Labute approximate surface area is 107 Å². The molecule has 2 heterocycles. The molecule has 5 heteroatoms. The van der Waals surface area contributed by atoms with Crippen molar-refractivity contribution in [1.82, 2.24) is 4.98 Å². The SMILES string of the molecule is COc1cc(C(N)=O)cc(N2CCCC(C)C2)n1. The zero-order chi connectivity index (χ0) is 13.1. The maximum atomic E-state index is 11.3. The quantitative estimate of drug-likeness (QED) is 0.879. The second-order valence-corrected chi connectivity index (χ2v) is 4.81. The summed E-state index contributed by atoms with van der Waals surface area (Å²) in [6, 6.07) is 3.31. The number of pyridine rings is 1. The van der Waals surface area contributed by atoms with Crippen molar-refractivity contribution in [2.24, 2.45) is 11.7 Å². The fraction of sp³-hybridized carbons (Fsp3) is 0.538. The fourth-order valence-corrected chi connectivity index (χ4v) is 2.30. The highest BCUT2D eigenvalue weighted by atomic mass is 16.5. The Morgan fingerprint density at radius 2 is 2.33 bits per heavy atom. The first-order valence-electron chi connectivity index (χ1n) is 6.21. The van der Waals surface area contributed by atoms with Crippen molar-refractivity contribution in [1.29, 1.82) is 0 Å². The summed E-state index contributed by atoms with van der Waals surface area (Å²) in [6.07, 6.45) is 2.38. The molecule has 1 fully saturated rings. The average molecular weight is 249 g/mol. The predicted octanol–water partition coefficient (Wildman–Crippen LogP) is 1.43. The van der Waals surface area contributed by atoms with Gasteiger partial charge in [-0.05, 0) is 24.8 Å². The number of carbonyl (C=O) groups is 1. The molecule has 1 aromatic heterocycles. The Hall–Kier alpha value is -1.78. The van der Waals surface area contributed by atoms with Crippen LogP contribution in [0, 0.1) is 5.92 Å². The Balaban J connectivity index is 2.31. The molecule has 2 rings (SSSR count). The zero-order valence-electron chi connectivity index (χ0n) is 10.8. The molecule has 0 bridgehead atoms. The first kappa shape index (κ1) is 12.7. The van der Waals surface area contributed by atoms with Crippen LogP contribution in [-0.4, -0.2) is 31.1 Å². The summed E-state index contributed by atoms with van der Waals surface area (Å²) in [5.74, 6) is 1.39. The van der Waals surface area contributed by atoms with Crippen LogP contribution in [-0.2, 0) is 0 Å². The van der Waals surface area contributed by atoms with Gasteiger partial charge in [0.1, 0.15) is 5.82 Å². The van der Waals surface area contributed by atoms with Gasteiger partial charge in [-0.2, -0.15) is 4.98 Å². The van der Waals surface area contributed by atoms with Gasteiger partial charge in [-0.15, -0.1) is 0 Å². The van der Waals surface area contributed by atoms with Crippen LogP contribution in [0.1, 0.15) is 30.1 Å². The van der Waals surface area contributed by atoms with Crippen molar-refractivity contribution < 1.29 is 9.53 Å². The van der Waals surface area contributed by atoms with Crippen molar-refractivity contribution in [2.75, 3.05) is 25.1 Å². The number of piperidine rings is 1. The molecule has 98 valence electrons. The third kappa shape index (κ3) is 2.72. The molecule has 1 aliphatic rings. The lowest BCUT2D eigenvalue weighted by Crippen LogP contribution is -2.35. The van der Waals surface area contributed by atoms with Gasteiger partial charge in [0.2, 0.25) is 11.8 Å². The molecule has 0 radical (unpaired) electrons. The first-order chi connectivity index (χ1) is 8.60. The van der Waals surface area contributed by atoms with E-state index in [1.54, 1.807) is 12.1 Å². The molecule has 0 aliphatic carbocycles. The molecule has 5 nitrogen and oxygen atoms in total. The summed E-state index contributed by atoms with van der Waals surface area (Å²) in [7, 11) is 1.54. The van der Waals surface area contributed by atoms with E-state index < -0.39 is 5.91 Å². The van der Waals surface area contributed by atoms with E-state index in [4.69, 9.17) is 10.5 Å². The first-order valence-corrected chi connectivity index (χ1v) is 6.21. The van der Waals surface area contributed by atoms with Crippen molar-refractivity contribution >= 4 is 11.7 Å². The minimum Gasteiger partial charge on any atom is -0.481 e. The van der Waals surface area contributed by atoms with E-state index in [1.165, 1.54) is 13.5 Å². The van der Waals surface area contributed by atoms with Gasteiger partial charge < -0.3 is 15.4 Å². The van der Waals surface area contributed by atoms with Gasteiger partial charge in [-0.25, -0.2) is 0 Å². The van der Waals surface area contributed by atoms with E-state index in [2.05, 4.69) is 16.8 Å². The second-order valence-electron chi connectivity index (χ2n) is 4.81.